The fourth-order valence-corrected chi connectivity index (χ4v) is 0.852. The zero-order valence-electron chi connectivity index (χ0n) is 7.51. The Bertz CT molecular complexity index is 373. The van der Waals surface area contributed by atoms with Crippen molar-refractivity contribution in [2.45, 2.75) is 6.92 Å². The molecule has 0 spiro atoms. The predicted molar refractivity (Wildman–Crippen MR) is 50.2 cm³/mol. The van der Waals surface area contributed by atoms with Gasteiger partial charge in [-0.2, -0.15) is 0 Å². The molecule has 0 aliphatic heterocycles. The van der Waals surface area contributed by atoms with Crippen LogP contribution in [0.1, 0.15) is 6.92 Å². The molecule has 0 aliphatic carbocycles. The van der Waals surface area contributed by atoms with Gasteiger partial charge in [-0.3, -0.25) is 10.1 Å². The maximum absolute atomic E-state index is 10.4. The molecular formula is C9H9NO4. The second-order valence-corrected chi connectivity index (χ2v) is 2.50. The van der Waals surface area contributed by atoms with Gasteiger partial charge in [-0.15, -0.1) is 0 Å². The number of ether oxygens (including phenoxy) is 1. The molecule has 0 aliphatic rings. The highest BCUT2D eigenvalue weighted by atomic mass is 16.6. The summed E-state index contributed by atoms with van der Waals surface area (Å²) >= 11 is 0. The Hall–Kier alpha value is -2.04. The van der Waals surface area contributed by atoms with E-state index in [4.69, 9.17) is 4.74 Å². The molecule has 0 bridgehead atoms. The van der Waals surface area contributed by atoms with Crippen LogP contribution in [0.2, 0.25) is 0 Å². The van der Waals surface area contributed by atoms with Crippen LogP contribution in [0, 0.1) is 10.1 Å². The van der Waals surface area contributed by atoms with Crippen LogP contribution in [0.4, 0.5) is 5.69 Å². The molecule has 1 N–H and O–H groups in total. The predicted octanol–water partition coefficient (Wildman–Crippen LogP) is 2.21. The quantitative estimate of drug-likeness (QED) is 0.456. The molecule has 0 atom stereocenters. The standard InChI is InChI=1S/C9H9NO4/c1-2-5-14-9-6-7(10(12)13)3-4-8(9)11/h2-6,11H,1H3. The van der Waals surface area contributed by atoms with Gasteiger partial charge in [-0.25, -0.2) is 0 Å². The van der Waals surface area contributed by atoms with E-state index < -0.39 is 4.92 Å². The third kappa shape index (κ3) is 2.22. The summed E-state index contributed by atoms with van der Waals surface area (Å²) in [4.78, 5) is 9.83. The van der Waals surface area contributed by atoms with Crippen LogP contribution < -0.4 is 4.74 Å². The number of hydrogen-bond donors (Lipinski definition) is 1. The van der Waals surface area contributed by atoms with Crippen LogP contribution in [-0.2, 0) is 0 Å². The number of aromatic hydroxyl groups is 1. The summed E-state index contributed by atoms with van der Waals surface area (Å²) in [6.45, 7) is 1.73. The van der Waals surface area contributed by atoms with Crippen molar-refractivity contribution in [3.8, 4) is 11.5 Å². The van der Waals surface area contributed by atoms with Crippen molar-refractivity contribution < 1.29 is 14.8 Å². The molecule has 0 amide bonds. The molecule has 74 valence electrons. The van der Waals surface area contributed by atoms with E-state index in [-0.39, 0.29) is 17.2 Å². The van der Waals surface area contributed by atoms with Gasteiger partial charge in [0.25, 0.3) is 5.69 Å². The first kappa shape index (κ1) is 10.0. The molecule has 0 heterocycles. The van der Waals surface area contributed by atoms with Gasteiger partial charge in [-0.05, 0) is 13.0 Å². The lowest BCUT2D eigenvalue weighted by Gasteiger charge is -2.01. The maximum Gasteiger partial charge on any atom is 0.273 e. The zero-order chi connectivity index (χ0) is 10.6. The molecule has 0 saturated heterocycles. The molecule has 5 nitrogen and oxygen atoms in total. The van der Waals surface area contributed by atoms with Crippen molar-refractivity contribution >= 4 is 5.69 Å². The van der Waals surface area contributed by atoms with Gasteiger partial charge in [0.2, 0.25) is 0 Å². The zero-order valence-corrected chi connectivity index (χ0v) is 7.51. The van der Waals surface area contributed by atoms with Crippen molar-refractivity contribution in [3.05, 3.63) is 40.7 Å². The monoisotopic (exact) mass is 195 g/mol. The van der Waals surface area contributed by atoms with Crippen LogP contribution >= 0.6 is 0 Å². The minimum atomic E-state index is -0.554. The third-order valence-corrected chi connectivity index (χ3v) is 1.49. The average molecular weight is 195 g/mol. The molecule has 1 aromatic carbocycles. The molecule has 1 aromatic rings. The SMILES string of the molecule is CC=COc1cc([N+](=O)[O-])ccc1O. The van der Waals surface area contributed by atoms with Crippen molar-refractivity contribution in [1.82, 2.24) is 0 Å². The molecule has 0 aromatic heterocycles. The molecule has 0 saturated carbocycles. The number of phenols is 1. The lowest BCUT2D eigenvalue weighted by atomic mass is 10.3. The number of allylic oxidation sites excluding steroid dienone is 1. The van der Waals surface area contributed by atoms with Gasteiger partial charge < -0.3 is 9.84 Å². The number of hydrogen-bond acceptors (Lipinski definition) is 4. The van der Waals surface area contributed by atoms with E-state index in [0.29, 0.717) is 0 Å². The van der Waals surface area contributed by atoms with Gasteiger partial charge in [-0.1, -0.05) is 6.08 Å². The smallest absolute Gasteiger partial charge is 0.273 e. The summed E-state index contributed by atoms with van der Waals surface area (Å²) in [6, 6.07) is 3.59. The van der Waals surface area contributed by atoms with Gasteiger partial charge in [0.15, 0.2) is 11.5 Å². The Morgan fingerprint density at radius 3 is 2.86 bits per heavy atom. The van der Waals surface area contributed by atoms with E-state index in [0.717, 1.165) is 6.07 Å². The van der Waals surface area contributed by atoms with Crippen LogP contribution in [0.15, 0.2) is 30.5 Å². The summed E-state index contributed by atoms with van der Waals surface area (Å²) < 4.78 is 4.94. The van der Waals surface area contributed by atoms with Crippen molar-refractivity contribution in [2.75, 3.05) is 0 Å². The summed E-state index contributed by atoms with van der Waals surface area (Å²) in [5.41, 5.74) is -0.123. The molecule has 5 heteroatoms. The van der Waals surface area contributed by atoms with Gasteiger partial charge in [0, 0.05) is 6.07 Å². The van der Waals surface area contributed by atoms with Crippen LogP contribution in [0.25, 0.3) is 0 Å². The summed E-state index contributed by atoms with van der Waals surface area (Å²) in [5, 5.41) is 19.7. The molecule has 0 fully saturated rings. The van der Waals surface area contributed by atoms with E-state index >= 15 is 0 Å². The Morgan fingerprint density at radius 2 is 2.29 bits per heavy atom. The maximum atomic E-state index is 10.4. The van der Waals surface area contributed by atoms with Crippen LogP contribution in [-0.4, -0.2) is 10.0 Å². The number of non-ortho nitro benzene ring substituents is 1. The number of nitrogens with zero attached hydrogens (tertiary/aromatic N) is 1. The van der Waals surface area contributed by atoms with Crippen molar-refractivity contribution in [2.24, 2.45) is 0 Å². The minimum absolute atomic E-state index is 0.0669. The van der Waals surface area contributed by atoms with E-state index in [1.165, 1.54) is 18.4 Å². The van der Waals surface area contributed by atoms with Gasteiger partial charge >= 0.3 is 0 Å². The van der Waals surface area contributed by atoms with Crippen molar-refractivity contribution in [3.63, 3.8) is 0 Å². The second kappa shape index (κ2) is 4.27. The lowest BCUT2D eigenvalue weighted by molar-refractivity contribution is -0.384. The molecular weight excluding hydrogens is 186 g/mol. The highest BCUT2D eigenvalue weighted by Crippen LogP contribution is 2.30. The third-order valence-electron chi connectivity index (χ3n) is 1.49. The number of benzene rings is 1. The highest BCUT2D eigenvalue weighted by molar-refractivity contribution is 5.47. The Morgan fingerprint density at radius 1 is 1.57 bits per heavy atom. The first-order valence-corrected chi connectivity index (χ1v) is 3.90. The van der Waals surface area contributed by atoms with Crippen molar-refractivity contribution in [1.29, 1.82) is 0 Å². The lowest BCUT2D eigenvalue weighted by Crippen LogP contribution is -1.89. The average Bonchev–Trinajstić information content (AvgIpc) is 2.16. The largest absolute Gasteiger partial charge is 0.504 e. The Kier molecular flexibility index (Phi) is 3.06. The minimum Gasteiger partial charge on any atom is -0.504 e. The number of nitro groups is 1. The first-order chi connectivity index (χ1) is 6.65. The van der Waals surface area contributed by atoms with E-state index in [9.17, 15) is 15.2 Å². The fourth-order valence-electron chi connectivity index (χ4n) is 0.852. The normalized spacial score (nSPS) is 10.4. The molecule has 14 heavy (non-hydrogen) atoms. The topological polar surface area (TPSA) is 72.6 Å². The van der Waals surface area contributed by atoms with Crippen LogP contribution in [0.3, 0.4) is 0 Å². The fraction of sp³-hybridized carbons (Fsp3) is 0.111. The molecule has 0 unspecified atom stereocenters. The molecule has 0 radical (unpaired) electrons. The second-order valence-electron chi connectivity index (χ2n) is 2.50. The van der Waals surface area contributed by atoms with Gasteiger partial charge in [0.1, 0.15) is 0 Å². The Balaban J connectivity index is 3.01. The van der Waals surface area contributed by atoms with E-state index in [2.05, 4.69) is 0 Å². The molecule has 1 rings (SSSR count). The van der Waals surface area contributed by atoms with E-state index in [1.54, 1.807) is 13.0 Å². The summed E-state index contributed by atoms with van der Waals surface area (Å²) in [5.74, 6) is -0.0639. The summed E-state index contributed by atoms with van der Waals surface area (Å²) in [6.07, 6.45) is 2.94. The number of rotatable bonds is 3. The number of nitro benzene ring substituents is 1. The highest BCUT2D eigenvalue weighted by Gasteiger charge is 2.10. The Labute approximate surface area is 80.4 Å². The summed E-state index contributed by atoms with van der Waals surface area (Å²) in [7, 11) is 0. The number of phenolic OH excluding ortho intramolecular Hbond substituents is 1. The van der Waals surface area contributed by atoms with E-state index in [1.807, 2.05) is 0 Å². The van der Waals surface area contributed by atoms with Crippen LogP contribution in [0.5, 0.6) is 11.5 Å². The first-order valence-electron chi connectivity index (χ1n) is 3.90. The van der Waals surface area contributed by atoms with Gasteiger partial charge in [0.05, 0.1) is 17.3 Å².